The highest BCUT2D eigenvalue weighted by molar-refractivity contribution is 5.95. The zero-order chi connectivity index (χ0) is 14.4. The van der Waals surface area contributed by atoms with Crippen LogP contribution in [0.15, 0.2) is 12.4 Å². The molecule has 1 amide bonds. The van der Waals surface area contributed by atoms with Crippen molar-refractivity contribution in [1.29, 1.82) is 0 Å². The van der Waals surface area contributed by atoms with Crippen molar-refractivity contribution in [3.8, 4) is 0 Å². The molecule has 1 aromatic rings. The smallest absolute Gasteiger partial charge is 0.328 e. The lowest BCUT2D eigenvalue weighted by atomic mass is 10.3. The number of hydrogen-bond donors (Lipinski definition) is 2. The van der Waals surface area contributed by atoms with E-state index in [9.17, 15) is 14.4 Å². The second-order valence-electron chi connectivity index (χ2n) is 3.71. The third kappa shape index (κ3) is 4.09. The molecule has 19 heavy (non-hydrogen) atoms. The largest absolute Gasteiger partial charge is 0.480 e. The van der Waals surface area contributed by atoms with Crippen LogP contribution in [0.2, 0.25) is 0 Å². The minimum Gasteiger partial charge on any atom is -0.480 e. The van der Waals surface area contributed by atoms with Gasteiger partial charge in [-0.15, -0.1) is 0 Å². The van der Waals surface area contributed by atoms with Crippen LogP contribution in [0.4, 0.5) is 0 Å². The van der Waals surface area contributed by atoms with Crippen molar-refractivity contribution >= 4 is 17.8 Å². The molecule has 8 heteroatoms. The summed E-state index contributed by atoms with van der Waals surface area (Å²) < 4.78 is 5.81. The van der Waals surface area contributed by atoms with Gasteiger partial charge in [-0.25, -0.2) is 4.79 Å². The quantitative estimate of drug-likeness (QED) is 0.693. The monoisotopic (exact) mass is 269 g/mol. The van der Waals surface area contributed by atoms with E-state index in [2.05, 4.69) is 15.2 Å². The summed E-state index contributed by atoms with van der Waals surface area (Å²) in [6.45, 7) is 3.10. The number of carbonyl (C=O) groups is 3. The first-order valence-electron chi connectivity index (χ1n) is 5.66. The SMILES string of the molecule is CCOC(=O)CNC(=O)c1cnn(C(C)C(=O)O)c1. The molecule has 0 aliphatic rings. The van der Waals surface area contributed by atoms with Gasteiger partial charge in [-0.05, 0) is 13.8 Å². The third-order valence-corrected chi connectivity index (χ3v) is 2.32. The van der Waals surface area contributed by atoms with E-state index >= 15 is 0 Å². The predicted octanol–water partition coefficient (Wildman–Crippen LogP) is -0.178. The van der Waals surface area contributed by atoms with Gasteiger partial charge in [0, 0.05) is 6.20 Å². The van der Waals surface area contributed by atoms with E-state index in [-0.39, 0.29) is 18.7 Å². The first-order chi connectivity index (χ1) is 8.95. The second-order valence-corrected chi connectivity index (χ2v) is 3.71. The number of carbonyl (C=O) groups excluding carboxylic acids is 2. The zero-order valence-electron chi connectivity index (χ0n) is 10.6. The van der Waals surface area contributed by atoms with Crippen LogP contribution in [0.1, 0.15) is 30.2 Å². The molecule has 0 radical (unpaired) electrons. The van der Waals surface area contributed by atoms with E-state index in [1.165, 1.54) is 19.3 Å². The van der Waals surface area contributed by atoms with Crippen molar-refractivity contribution in [2.45, 2.75) is 19.9 Å². The van der Waals surface area contributed by atoms with Gasteiger partial charge in [0.2, 0.25) is 0 Å². The number of rotatable bonds is 6. The van der Waals surface area contributed by atoms with Gasteiger partial charge >= 0.3 is 11.9 Å². The molecule has 0 saturated carbocycles. The van der Waals surface area contributed by atoms with E-state index < -0.39 is 23.9 Å². The van der Waals surface area contributed by atoms with Crippen LogP contribution in [-0.4, -0.2) is 45.9 Å². The number of esters is 1. The van der Waals surface area contributed by atoms with E-state index in [1.54, 1.807) is 6.92 Å². The van der Waals surface area contributed by atoms with Crippen LogP contribution in [0.3, 0.4) is 0 Å². The third-order valence-electron chi connectivity index (χ3n) is 2.32. The number of ether oxygens (including phenoxy) is 1. The number of amides is 1. The Morgan fingerprint density at radius 3 is 2.79 bits per heavy atom. The number of carboxylic acid groups (broad SMARTS) is 1. The Hall–Kier alpha value is -2.38. The van der Waals surface area contributed by atoms with Gasteiger partial charge in [-0.2, -0.15) is 5.10 Å². The molecule has 0 aromatic carbocycles. The van der Waals surface area contributed by atoms with Gasteiger partial charge in [0.15, 0.2) is 0 Å². The summed E-state index contributed by atoms with van der Waals surface area (Å²) in [5.41, 5.74) is 0.178. The van der Waals surface area contributed by atoms with Crippen LogP contribution in [-0.2, 0) is 14.3 Å². The van der Waals surface area contributed by atoms with Gasteiger partial charge in [0.05, 0.1) is 18.4 Å². The fraction of sp³-hybridized carbons (Fsp3) is 0.455. The first-order valence-corrected chi connectivity index (χ1v) is 5.66. The summed E-state index contributed by atoms with van der Waals surface area (Å²) in [6, 6.07) is -0.869. The lowest BCUT2D eigenvalue weighted by molar-refractivity contribution is -0.142. The Morgan fingerprint density at radius 2 is 2.21 bits per heavy atom. The Morgan fingerprint density at radius 1 is 1.53 bits per heavy atom. The highest BCUT2D eigenvalue weighted by Crippen LogP contribution is 2.06. The Labute approximate surface area is 109 Å². The molecule has 1 unspecified atom stereocenters. The summed E-state index contributed by atoms with van der Waals surface area (Å²) >= 11 is 0. The minimum absolute atomic E-state index is 0.178. The van der Waals surface area contributed by atoms with Crippen molar-refractivity contribution in [3.05, 3.63) is 18.0 Å². The molecule has 1 atom stereocenters. The average Bonchev–Trinajstić information content (AvgIpc) is 2.84. The standard InChI is InChI=1S/C11H15N3O5/c1-3-19-9(15)5-12-10(16)8-4-13-14(6-8)7(2)11(17)18/h4,6-7H,3,5H2,1-2H3,(H,12,16)(H,17,18). The van der Waals surface area contributed by atoms with Crippen LogP contribution in [0.5, 0.6) is 0 Å². The first kappa shape index (κ1) is 14.7. The summed E-state index contributed by atoms with van der Waals surface area (Å²) in [6.07, 6.45) is 2.54. The fourth-order valence-electron chi connectivity index (χ4n) is 1.25. The van der Waals surface area contributed by atoms with Crippen molar-refractivity contribution in [2.24, 2.45) is 0 Å². The number of hydrogen-bond acceptors (Lipinski definition) is 5. The molecular weight excluding hydrogens is 254 g/mol. The molecule has 0 bridgehead atoms. The topological polar surface area (TPSA) is 111 Å². The van der Waals surface area contributed by atoms with Crippen LogP contribution < -0.4 is 5.32 Å². The number of carboxylic acids is 1. The summed E-state index contributed by atoms with van der Waals surface area (Å²) in [4.78, 5) is 33.4. The fourth-order valence-corrected chi connectivity index (χ4v) is 1.25. The molecule has 0 spiro atoms. The average molecular weight is 269 g/mol. The Balaban J connectivity index is 2.59. The van der Waals surface area contributed by atoms with E-state index in [4.69, 9.17) is 5.11 Å². The van der Waals surface area contributed by atoms with Gasteiger partial charge in [-0.3, -0.25) is 14.3 Å². The molecule has 8 nitrogen and oxygen atoms in total. The lowest BCUT2D eigenvalue weighted by Gasteiger charge is -2.05. The lowest BCUT2D eigenvalue weighted by Crippen LogP contribution is -2.30. The van der Waals surface area contributed by atoms with Gasteiger partial charge in [0.1, 0.15) is 12.6 Å². The second kappa shape index (κ2) is 6.53. The molecule has 2 N–H and O–H groups in total. The molecular formula is C11H15N3O5. The molecule has 0 aliphatic heterocycles. The van der Waals surface area contributed by atoms with Crippen LogP contribution in [0.25, 0.3) is 0 Å². The molecule has 104 valence electrons. The number of aliphatic carboxylic acids is 1. The van der Waals surface area contributed by atoms with Crippen molar-refractivity contribution < 1.29 is 24.2 Å². The molecule has 0 aliphatic carbocycles. The highest BCUT2D eigenvalue weighted by atomic mass is 16.5. The van der Waals surface area contributed by atoms with Crippen LogP contribution >= 0.6 is 0 Å². The zero-order valence-corrected chi connectivity index (χ0v) is 10.6. The van der Waals surface area contributed by atoms with Crippen molar-refractivity contribution in [3.63, 3.8) is 0 Å². The van der Waals surface area contributed by atoms with Gasteiger partial charge in [-0.1, -0.05) is 0 Å². The van der Waals surface area contributed by atoms with Crippen molar-refractivity contribution in [2.75, 3.05) is 13.2 Å². The number of aromatic nitrogens is 2. The van der Waals surface area contributed by atoms with Crippen molar-refractivity contribution in [1.82, 2.24) is 15.1 Å². The van der Waals surface area contributed by atoms with E-state index in [1.807, 2.05) is 0 Å². The maximum atomic E-state index is 11.6. The Bertz CT molecular complexity index is 482. The Kier molecular flexibility index (Phi) is 5.04. The number of nitrogens with one attached hydrogen (secondary N) is 1. The minimum atomic E-state index is -1.05. The molecule has 1 aromatic heterocycles. The molecule has 1 rings (SSSR count). The predicted molar refractivity (Wildman–Crippen MR) is 63.5 cm³/mol. The van der Waals surface area contributed by atoms with Gasteiger partial charge in [0.25, 0.3) is 5.91 Å². The molecule has 0 fully saturated rings. The summed E-state index contributed by atoms with van der Waals surface area (Å²) in [5.74, 6) is -2.11. The van der Waals surface area contributed by atoms with E-state index in [0.717, 1.165) is 4.68 Å². The maximum absolute atomic E-state index is 11.6. The normalized spacial score (nSPS) is 11.7. The summed E-state index contributed by atoms with van der Waals surface area (Å²) in [7, 11) is 0. The van der Waals surface area contributed by atoms with Crippen LogP contribution in [0, 0.1) is 0 Å². The maximum Gasteiger partial charge on any atom is 0.328 e. The van der Waals surface area contributed by atoms with E-state index in [0.29, 0.717) is 0 Å². The highest BCUT2D eigenvalue weighted by Gasteiger charge is 2.17. The molecule has 1 heterocycles. The van der Waals surface area contributed by atoms with Gasteiger partial charge < -0.3 is 15.2 Å². The number of nitrogens with zero attached hydrogens (tertiary/aromatic N) is 2. The summed E-state index contributed by atoms with van der Waals surface area (Å²) in [5, 5.41) is 14.9. The molecule has 0 saturated heterocycles.